The summed E-state index contributed by atoms with van der Waals surface area (Å²) in [5, 5.41) is 6.14. The molecule has 18 rings (SSSR count). The van der Waals surface area contributed by atoms with Gasteiger partial charge in [0.2, 0.25) is 0 Å². The molecule has 0 saturated carbocycles. The van der Waals surface area contributed by atoms with Crippen LogP contribution in [0, 0.1) is 0 Å². The average Bonchev–Trinajstić information content (AvgIpc) is 1.62. The number of ether oxygens (including phenoxy) is 1. The van der Waals surface area contributed by atoms with Crippen molar-refractivity contribution in [1.82, 2.24) is 13.7 Å². The topological polar surface area (TPSA) is 24.0 Å². The van der Waals surface area contributed by atoms with Gasteiger partial charge in [-0.2, -0.15) is 0 Å². The van der Waals surface area contributed by atoms with Gasteiger partial charge in [0.1, 0.15) is 5.75 Å². The molecule has 13 aromatic carbocycles. The molecule has 1 aliphatic carbocycles. The van der Waals surface area contributed by atoms with E-state index in [1.165, 1.54) is 91.9 Å². The first-order chi connectivity index (χ1) is 47.0. The molecule has 95 heavy (non-hydrogen) atoms. The second-order valence-corrected chi connectivity index (χ2v) is 26.2. The third-order valence-electron chi connectivity index (χ3n) is 19.6. The molecule has 0 bridgehead atoms. The maximum Gasteiger partial charge on any atom is 0.119 e. The lowest BCUT2D eigenvalue weighted by atomic mass is 9.84. The number of thiophene rings is 1. The number of para-hydroxylation sites is 1. The molecule has 4 nitrogen and oxygen atoms in total. The van der Waals surface area contributed by atoms with Crippen molar-refractivity contribution >= 4 is 75.9 Å². The van der Waals surface area contributed by atoms with Gasteiger partial charge in [-0.15, -0.1) is 11.3 Å². The molecule has 5 heteroatoms. The van der Waals surface area contributed by atoms with E-state index in [4.69, 9.17) is 4.74 Å². The summed E-state index contributed by atoms with van der Waals surface area (Å²) >= 11 is 1.86. The van der Waals surface area contributed by atoms with Gasteiger partial charge in [0.25, 0.3) is 0 Å². The minimum Gasteiger partial charge on any atom is -0.497 e. The van der Waals surface area contributed by atoms with Crippen LogP contribution in [-0.2, 0) is 6.42 Å². The van der Waals surface area contributed by atoms with Crippen LogP contribution in [0.15, 0.2) is 328 Å². The Labute approximate surface area is 556 Å². The van der Waals surface area contributed by atoms with Crippen LogP contribution in [0.4, 0.5) is 0 Å². The Morgan fingerprint density at radius 1 is 0.326 bits per heavy atom. The number of rotatable bonds is 12. The van der Waals surface area contributed by atoms with Crippen molar-refractivity contribution in [2.24, 2.45) is 0 Å². The quantitative estimate of drug-likeness (QED) is 0.120. The molecular weight excluding hydrogens is 1170 g/mol. The van der Waals surface area contributed by atoms with Gasteiger partial charge in [-0.3, -0.25) is 0 Å². The molecule has 1 aliphatic rings. The molecule has 0 aliphatic heterocycles. The third kappa shape index (κ3) is 10.1. The van der Waals surface area contributed by atoms with E-state index >= 15 is 0 Å². The number of nitrogens with zero attached hydrogens (tertiary/aromatic N) is 3. The lowest BCUT2D eigenvalue weighted by Crippen LogP contribution is -2.02. The standard InChI is InChI=1S/C90H63N3OS/c1-94-78-46-43-76(44-47-78)92-83(63-20-10-4-11-21-63)55-72-40-37-71(54-87(72)92)70-38-41-73-56-84(91(86(73)53-70)75-22-12-5-13-23-75)64-30-26-59(27-31-64)60-28-32-65(33-29-60)85-57-74-39-36-69(52-88(74)93(85)77-45-49-90-82(58-77)80-24-14-15-25-89(80)95-90)66-34-35-68-51-81(62-18-8-3-9-19-62)79(48-42-67(68)50-66)61-16-6-2-7-17-61/h2-41,43-47,49-58,79H,42,48H2,1H3. The molecule has 0 fully saturated rings. The second-order valence-electron chi connectivity index (χ2n) is 25.1. The summed E-state index contributed by atoms with van der Waals surface area (Å²) in [7, 11) is 1.71. The number of fused-ring (bicyclic) bond motifs is 7. The number of methoxy groups -OCH3 is 1. The summed E-state index contributed by atoms with van der Waals surface area (Å²) in [5.74, 6) is 1.14. The van der Waals surface area contributed by atoms with Crippen LogP contribution in [-0.4, -0.2) is 20.8 Å². The van der Waals surface area contributed by atoms with Crippen molar-refractivity contribution in [2.45, 2.75) is 18.8 Å². The Bertz CT molecular complexity index is 5780. The molecular formula is C90H63N3OS. The molecule has 0 spiro atoms. The van der Waals surface area contributed by atoms with Crippen molar-refractivity contribution in [3.05, 3.63) is 350 Å². The van der Waals surface area contributed by atoms with Crippen LogP contribution >= 0.6 is 11.3 Å². The summed E-state index contributed by atoms with van der Waals surface area (Å²) in [4.78, 5) is 0. The fourth-order valence-corrected chi connectivity index (χ4v) is 15.9. The average molecular weight is 1230 g/mol. The zero-order valence-corrected chi connectivity index (χ0v) is 53.2. The van der Waals surface area contributed by atoms with Crippen LogP contribution in [0.1, 0.15) is 34.6 Å². The van der Waals surface area contributed by atoms with Crippen molar-refractivity contribution in [3.63, 3.8) is 0 Å². The maximum atomic E-state index is 5.57. The monoisotopic (exact) mass is 1230 g/mol. The van der Waals surface area contributed by atoms with Crippen LogP contribution in [0.3, 0.4) is 0 Å². The van der Waals surface area contributed by atoms with E-state index in [1.807, 2.05) is 23.5 Å². The summed E-state index contributed by atoms with van der Waals surface area (Å²) in [5.41, 5.74) is 27.5. The number of aromatic nitrogens is 3. The van der Waals surface area contributed by atoms with Crippen LogP contribution in [0.25, 0.3) is 149 Å². The molecule has 0 amide bonds. The van der Waals surface area contributed by atoms with E-state index in [2.05, 4.69) is 335 Å². The van der Waals surface area contributed by atoms with E-state index in [9.17, 15) is 0 Å². The first-order valence-corrected chi connectivity index (χ1v) is 33.6. The highest BCUT2D eigenvalue weighted by atomic mass is 32.1. The second kappa shape index (κ2) is 23.4. The van der Waals surface area contributed by atoms with Gasteiger partial charge in [-0.1, -0.05) is 237 Å². The molecule has 0 radical (unpaired) electrons. The van der Waals surface area contributed by atoms with Gasteiger partial charge in [-0.05, 0) is 188 Å². The summed E-state index contributed by atoms with van der Waals surface area (Å²) in [6, 6.07) is 121. The van der Waals surface area contributed by atoms with E-state index in [0.29, 0.717) is 5.92 Å². The zero-order chi connectivity index (χ0) is 62.9. The minimum absolute atomic E-state index is 0.304. The van der Waals surface area contributed by atoms with E-state index < -0.39 is 0 Å². The SMILES string of the molecule is COc1ccc(-n2c(-c3ccccc3)cc3ccc(-c4ccc5cc(-c6ccc(-c7ccc(-c8cc9ccc(-c%10ccc%11c(c%10)CCC(c%10ccccc%10)C(c%10ccccc%10)=C%11)cc9n8-c8ccc9sc%10ccccc%10c9c8)cc7)cc6)n(-c6ccccc6)c5c4)cc32)cc1. The number of benzene rings is 13. The molecule has 17 aromatic rings. The third-order valence-corrected chi connectivity index (χ3v) is 20.8. The highest BCUT2D eigenvalue weighted by molar-refractivity contribution is 7.25. The Morgan fingerprint density at radius 2 is 0.758 bits per heavy atom. The largest absolute Gasteiger partial charge is 0.497 e. The van der Waals surface area contributed by atoms with Crippen LogP contribution < -0.4 is 4.74 Å². The van der Waals surface area contributed by atoms with E-state index in [1.54, 1.807) is 7.11 Å². The normalized spacial score (nSPS) is 13.2. The molecule has 1 atom stereocenters. The van der Waals surface area contributed by atoms with Crippen molar-refractivity contribution in [3.8, 4) is 90.0 Å². The Balaban J connectivity index is 0.687. The number of hydrogen-bond donors (Lipinski definition) is 0. The van der Waals surface area contributed by atoms with Gasteiger partial charge in [0.05, 0.1) is 40.7 Å². The smallest absolute Gasteiger partial charge is 0.119 e. The Hall–Kier alpha value is -11.8. The predicted octanol–water partition coefficient (Wildman–Crippen LogP) is 24.2. The van der Waals surface area contributed by atoms with Crippen molar-refractivity contribution in [2.75, 3.05) is 7.11 Å². The van der Waals surface area contributed by atoms with Gasteiger partial charge in [0.15, 0.2) is 0 Å². The van der Waals surface area contributed by atoms with Gasteiger partial charge in [0, 0.05) is 59.3 Å². The molecule has 0 N–H and O–H groups in total. The molecule has 450 valence electrons. The van der Waals surface area contributed by atoms with Gasteiger partial charge in [-0.25, -0.2) is 0 Å². The highest BCUT2D eigenvalue weighted by Gasteiger charge is 2.24. The fraction of sp³-hybridized carbons (Fsp3) is 0.0444. The lowest BCUT2D eigenvalue weighted by Gasteiger charge is -2.20. The van der Waals surface area contributed by atoms with Crippen molar-refractivity contribution in [1.29, 1.82) is 0 Å². The molecule has 4 heterocycles. The first-order valence-electron chi connectivity index (χ1n) is 32.8. The fourth-order valence-electron chi connectivity index (χ4n) is 14.9. The zero-order valence-electron chi connectivity index (χ0n) is 52.4. The first kappa shape index (κ1) is 56.0. The minimum atomic E-state index is 0.304. The Morgan fingerprint density at radius 3 is 1.33 bits per heavy atom. The van der Waals surface area contributed by atoms with Crippen molar-refractivity contribution < 1.29 is 4.74 Å². The molecule has 0 saturated heterocycles. The number of aryl methyl sites for hydroxylation is 1. The summed E-state index contributed by atoms with van der Waals surface area (Å²) in [6.45, 7) is 0. The highest BCUT2D eigenvalue weighted by Crippen LogP contribution is 2.45. The van der Waals surface area contributed by atoms with Gasteiger partial charge >= 0.3 is 0 Å². The van der Waals surface area contributed by atoms with E-state index in [0.717, 1.165) is 91.6 Å². The summed E-state index contributed by atoms with van der Waals surface area (Å²) < 4.78 is 15.5. The number of hydrogen-bond acceptors (Lipinski definition) is 2. The van der Waals surface area contributed by atoms with E-state index in [-0.39, 0.29) is 0 Å². The predicted molar refractivity (Wildman–Crippen MR) is 401 cm³/mol. The number of allylic oxidation sites excluding steroid dienone is 1. The molecule has 1 unspecified atom stereocenters. The lowest BCUT2D eigenvalue weighted by molar-refractivity contribution is 0.415. The van der Waals surface area contributed by atoms with Gasteiger partial charge < -0.3 is 18.4 Å². The maximum absolute atomic E-state index is 5.57. The molecule has 4 aromatic heterocycles. The Kier molecular flexibility index (Phi) is 13.8. The summed E-state index contributed by atoms with van der Waals surface area (Å²) in [6.07, 6.45) is 4.49. The van der Waals surface area contributed by atoms with Crippen LogP contribution in [0.2, 0.25) is 0 Å². The van der Waals surface area contributed by atoms with Crippen LogP contribution in [0.5, 0.6) is 5.75 Å².